The van der Waals surface area contributed by atoms with Crippen LogP contribution in [0.25, 0.3) is 0 Å². The van der Waals surface area contributed by atoms with Gasteiger partial charge in [0.05, 0.1) is 12.7 Å². The van der Waals surface area contributed by atoms with Crippen molar-refractivity contribution in [2.24, 2.45) is 0 Å². The molecule has 0 aliphatic heterocycles. The summed E-state index contributed by atoms with van der Waals surface area (Å²) in [6, 6.07) is 21.5. The molecule has 0 atom stereocenters. The van der Waals surface area contributed by atoms with Crippen molar-refractivity contribution in [1.82, 2.24) is 0 Å². The minimum atomic E-state index is -0.470. The van der Waals surface area contributed by atoms with E-state index in [0.717, 1.165) is 5.75 Å². The van der Waals surface area contributed by atoms with Crippen molar-refractivity contribution in [2.75, 3.05) is 7.11 Å². The molecule has 4 nitrogen and oxygen atoms in total. The molecular weight excluding hydrogens is 384 g/mol. The lowest BCUT2D eigenvalue weighted by Gasteiger charge is -2.09. The van der Waals surface area contributed by atoms with Gasteiger partial charge in [-0.15, -0.1) is 0 Å². The molecule has 3 aromatic carbocycles. The van der Waals surface area contributed by atoms with E-state index in [9.17, 15) is 4.79 Å². The van der Waals surface area contributed by atoms with Gasteiger partial charge in [-0.3, -0.25) is 0 Å². The number of rotatable bonds is 5. The molecule has 5 heteroatoms. The van der Waals surface area contributed by atoms with E-state index in [4.69, 9.17) is 14.2 Å². The van der Waals surface area contributed by atoms with Gasteiger partial charge in [-0.2, -0.15) is 0 Å². The Hall–Kier alpha value is -2.79. The number of ether oxygens (including phenoxy) is 3. The second-order valence-electron chi connectivity index (χ2n) is 5.12. The summed E-state index contributed by atoms with van der Waals surface area (Å²) in [6.45, 7) is 0. The zero-order valence-electron chi connectivity index (χ0n) is 13.4. The van der Waals surface area contributed by atoms with Crippen LogP contribution in [0.3, 0.4) is 0 Å². The monoisotopic (exact) mass is 398 g/mol. The van der Waals surface area contributed by atoms with Gasteiger partial charge in [0.25, 0.3) is 0 Å². The number of carbonyl (C=O) groups excluding carboxylic acids is 1. The normalized spacial score (nSPS) is 10.2. The highest BCUT2D eigenvalue weighted by molar-refractivity contribution is 9.10. The van der Waals surface area contributed by atoms with Crippen molar-refractivity contribution < 1.29 is 19.0 Å². The molecule has 0 heterocycles. The smallest absolute Gasteiger partial charge is 0.344 e. The lowest BCUT2D eigenvalue weighted by molar-refractivity contribution is 0.0733. The number of benzene rings is 3. The molecule has 0 unspecified atom stereocenters. The number of halogens is 1. The Bertz CT molecular complexity index is 861. The van der Waals surface area contributed by atoms with Crippen LogP contribution < -0.4 is 14.2 Å². The van der Waals surface area contributed by atoms with Crippen molar-refractivity contribution in [3.8, 4) is 23.0 Å². The summed E-state index contributed by atoms with van der Waals surface area (Å²) in [4.78, 5) is 12.3. The summed E-state index contributed by atoms with van der Waals surface area (Å²) in [6.07, 6.45) is 0. The zero-order chi connectivity index (χ0) is 17.6. The first-order valence-corrected chi connectivity index (χ1v) is 8.34. The molecule has 0 aromatic heterocycles. The van der Waals surface area contributed by atoms with Crippen LogP contribution in [0.4, 0.5) is 0 Å². The van der Waals surface area contributed by atoms with Crippen molar-refractivity contribution in [3.05, 3.63) is 82.8 Å². The Labute approximate surface area is 154 Å². The summed E-state index contributed by atoms with van der Waals surface area (Å²) in [7, 11) is 1.55. The van der Waals surface area contributed by atoms with Crippen LogP contribution in [0.15, 0.2) is 77.3 Å². The number of hydrogen-bond acceptors (Lipinski definition) is 4. The second kappa shape index (κ2) is 7.85. The molecule has 0 fully saturated rings. The van der Waals surface area contributed by atoms with Gasteiger partial charge >= 0.3 is 5.97 Å². The molecule has 126 valence electrons. The average Bonchev–Trinajstić information content (AvgIpc) is 2.64. The van der Waals surface area contributed by atoms with Gasteiger partial charge in [-0.25, -0.2) is 4.79 Å². The highest BCUT2D eigenvalue weighted by atomic mass is 79.9. The summed E-state index contributed by atoms with van der Waals surface area (Å²) in [5.41, 5.74) is 0.393. The number of para-hydroxylation sites is 1. The third-order valence-corrected chi connectivity index (χ3v) is 4.10. The minimum Gasteiger partial charge on any atom is -0.497 e. The van der Waals surface area contributed by atoms with Crippen LogP contribution in [-0.4, -0.2) is 13.1 Å². The third-order valence-electron chi connectivity index (χ3n) is 3.41. The Morgan fingerprint density at radius 1 is 0.800 bits per heavy atom. The number of hydrogen-bond donors (Lipinski definition) is 0. The molecule has 0 amide bonds. The first-order chi connectivity index (χ1) is 12.2. The summed E-state index contributed by atoms with van der Waals surface area (Å²) in [5.74, 6) is 1.95. The van der Waals surface area contributed by atoms with Gasteiger partial charge in [0, 0.05) is 4.47 Å². The molecule has 0 saturated heterocycles. The zero-order valence-corrected chi connectivity index (χ0v) is 15.0. The quantitative estimate of drug-likeness (QED) is 0.422. The Morgan fingerprint density at radius 2 is 1.40 bits per heavy atom. The number of methoxy groups -OCH3 is 1. The fraction of sp³-hybridized carbons (Fsp3) is 0.0500. The molecule has 0 aliphatic rings. The lowest BCUT2D eigenvalue weighted by atomic mass is 10.2. The van der Waals surface area contributed by atoms with Crippen LogP contribution in [-0.2, 0) is 0 Å². The molecule has 3 aromatic rings. The summed E-state index contributed by atoms with van der Waals surface area (Å²) in [5, 5.41) is 0. The van der Waals surface area contributed by atoms with Crippen LogP contribution in [0.2, 0.25) is 0 Å². The average molecular weight is 399 g/mol. The van der Waals surface area contributed by atoms with Gasteiger partial charge in [-0.1, -0.05) is 18.2 Å². The highest BCUT2D eigenvalue weighted by Gasteiger charge is 2.14. The van der Waals surface area contributed by atoms with Crippen LogP contribution in [0, 0.1) is 0 Å². The van der Waals surface area contributed by atoms with Crippen molar-refractivity contribution in [1.29, 1.82) is 0 Å². The standard InChI is InChI=1S/C20H15BrO4/c1-23-17-11-12-19(21)18(13-17)20(22)25-16-9-7-15(8-10-16)24-14-5-3-2-4-6-14/h2-13H,1H3. The van der Waals surface area contributed by atoms with Crippen molar-refractivity contribution >= 4 is 21.9 Å². The molecule has 3 rings (SSSR count). The first kappa shape index (κ1) is 17.0. The predicted molar refractivity (Wildman–Crippen MR) is 98.6 cm³/mol. The fourth-order valence-corrected chi connectivity index (χ4v) is 2.56. The Balaban J connectivity index is 1.70. The lowest BCUT2D eigenvalue weighted by Crippen LogP contribution is -2.09. The summed E-state index contributed by atoms with van der Waals surface area (Å²) < 4.78 is 16.9. The van der Waals surface area contributed by atoms with Crippen molar-refractivity contribution in [3.63, 3.8) is 0 Å². The number of esters is 1. The van der Waals surface area contributed by atoms with Gasteiger partial charge in [0.1, 0.15) is 23.0 Å². The molecule has 0 N–H and O–H groups in total. The van der Waals surface area contributed by atoms with E-state index < -0.39 is 5.97 Å². The molecule has 25 heavy (non-hydrogen) atoms. The highest BCUT2D eigenvalue weighted by Crippen LogP contribution is 2.26. The van der Waals surface area contributed by atoms with E-state index in [-0.39, 0.29) is 0 Å². The predicted octanol–water partition coefficient (Wildman–Crippen LogP) is 5.47. The van der Waals surface area contributed by atoms with Crippen LogP contribution in [0.1, 0.15) is 10.4 Å². The molecule has 0 saturated carbocycles. The molecule has 0 spiro atoms. The van der Waals surface area contributed by atoms with E-state index >= 15 is 0 Å². The molecule has 0 radical (unpaired) electrons. The van der Waals surface area contributed by atoms with Gasteiger partial charge in [0.2, 0.25) is 0 Å². The van der Waals surface area contributed by atoms with Crippen LogP contribution >= 0.6 is 15.9 Å². The van der Waals surface area contributed by atoms with Gasteiger partial charge in [-0.05, 0) is 70.5 Å². The van der Waals surface area contributed by atoms with E-state index in [1.807, 2.05) is 30.3 Å². The summed E-state index contributed by atoms with van der Waals surface area (Å²) >= 11 is 3.35. The van der Waals surface area contributed by atoms with Crippen LogP contribution in [0.5, 0.6) is 23.0 Å². The third kappa shape index (κ3) is 4.39. The molecular formula is C20H15BrO4. The Morgan fingerprint density at radius 3 is 2.08 bits per heavy atom. The van der Waals surface area contributed by atoms with Gasteiger partial charge < -0.3 is 14.2 Å². The largest absolute Gasteiger partial charge is 0.497 e. The van der Waals surface area contributed by atoms with E-state index in [1.165, 1.54) is 0 Å². The SMILES string of the molecule is COc1ccc(Br)c(C(=O)Oc2ccc(Oc3ccccc3)cc2)c1. The van der Waals surface area contributed by atoms with E-state index in [1.54, 1.807) is 49.6 Å². The molecule has 0 bridgehead atoms. The van der Waals surface area contributed by atoms with E-state index in [2.05, 4.69) is 15.9 Å². The fourth-order valence-electron chi connectivity index (χ4n) is 2.15. The maximum absolute atomic E-state index is 12.3. The Kier molecular flexibility index (Phi) is 5.36. The maximum Gasteiger partial charge on any atom is 0.344 e. The first-order valence-electron chi connectivity index (χ1n) is 7.54. The topological polar surface area (TPSA) is 44.8 Å². The van der Waals surface area contributed by atoms with Gasteiger partial charge in [0.15, 0.2) is 0 Å². The van der Waals surface area contributed by atoms with E-state index in [0.29, 0.717) is 27.3 Å². The van der Waals surface area contributed by atoms with Crippen molar-refractivity contribution in [2.45, 2.75) is 0 Å². The second-order valence-corrected chi connectivity index (χ2v) is 5.98. The number of carbonyl (C=O) groups is 1. The maximum atomic E-state index is 12.3. The molecule has 0 aliphatic carbocycles. The minimum absolute atomic E-state index is 0.393.